The van der Waals surface area contributed by atoms with Gasteiger partial charge in [-0.3, -0.25) is 9.36 Å². The van der Waals surface area contributed by atoms with Gasteiger partial charge in [-0.15, -0.1) is 21.5 Å². The number of thiophene rings is 1. The van der Waals surface area contributed by atoms with Crippen LogP contribution in [0.15, 0.2) is 65.1 Å². The molecule has 6 nitrogen and oxygen atoms in total. The van der Waals surface area contributed by atoms with Gasteiger partial charge in [0, 0.05) is 12.0 Å². The minimum Gasteiger partial charge on any atom is -0.495 e. The highest BCUT2D eigenvalue weighted by Crippen LogP contribution is 2.34. The van der Waals surface area contributed by atoms with Crippen molar-refractivity contribution in [2.24, 2.45) is 0 Å². The maximum absolute atomic E-state index is 12.9. The zero-order valence-corrected chi connectivity index (χ0v) is 18.4. The molecule has 0 fully saturated rings. The van der Waals surface area contributed by atoms with E-state index in [1.54, 1.807) is 18.4 Å². The second kappa shape index (κ2) is 8.56. The molecule has 1 aliphatic heterocycles. The number of nitrogens with zero attached hydrogens (tertiary/aromatic N) is 3. The molecule has 5 rings (SSSR count). The lowest BCUT2D eigenvalue weighted by atomic mass is 10.1. The maximum Gasteiger partial charge on any atom is 0.196 e. The molecule has 0 atom stereocenters. The van der Waals surface area contributed by atoms with Crippen LogP contribution < -0.4 is 9.47 Å². The fourth-order valence-corrected chi connectivity index (χ4v) is 5.07. The van der Waals surface area contributed by atoms with Gasteiger partial charge in [0.15, 0.2) is 16.8 Å². The summed E-state index contributed by atoms with van der Waals surface area (Å²) in [4.78, 5) is 13.9. The van der Waals surface area contributed by atoms with Gasteiger partial charge in [-0.2, -0.15) is 0 Å². The Morgan fingerprint density at radius 1 is 1.19 bits per heavy atom. The second-order valence-electron chi connectivity index (χ2n) is 6.92. The Balaban J connectivity index is 1.46. The summed E-state index contributed by atoms with van der Waals surface area (Å²) in [5.41, 5.74) is 2.62. The molecule has 0 amide bonds. The molecule has 1 aliphatic rings. The first kappa shape index (κ1) is 19.8. The Morgan fingerprint density at radius 3 is 2.94 bits per heavy atom. The van der Waals surface area contributed by atoms with E-state index >= 15 is 0 Å². The van der Waals surface area contributed by atoms with Crippen LogP contribution in [0.25, 0.3) is 16.4 Å². The van der Waals surface area contributed by atoms with Crippen molar-refractivity contribution in [1.29, 1.82) is 0 Å². The van der Waals surface area contributed by atoms with Crippen molar-refractivity contribution in [2.75, 3.05) is 19.5 Å². The number of carbonyl (C=O) groups excluding carboxylic acids is 1. The molecule has 156 valence electrons. The highest BCUT2D eigenvalue weighted by atomic mass is 32.2. The maximum atomic E-state index is 12.9. The number of rotatable bonds is 7. The van der Waals surface area contributed by atoms with E-state index in [1.165, 1.54) is 11.8 Å². The fourth-order valence-electron chi connectivity index (χ4n) is 3.53. The molecule has 0 spiro atoms. The number of methoxy groups -OCH3 is 1. The minimum atomic E-state index is 0.0481. The molecule has 3 heterocycles. The third-order valence-electron chi connectivity index (χ3n) is 5.04. The highest BCUT2D eigenvalue weighted by molar-refractivity contribution is 7.99. The molecule has 2 aromatic heterocycles. The fraction of sp³-hybridized carbons (Fsp3) is 0.174. The van der Waals surface area contributed by atoms with Crippen molar-refractivity contribution < 1.29 is 14.3 Å². The number of hydrogen-bond acceptors (Lipinski definition) is 7. The lowest BCUT2D eigenvalue weighted by Crippen LogP contribution is -2.06. The summed E-state index contributed by atoms with van der Waals surface area (Å²) in [5, 5.41) is 11.5. The average molecular weight is 450 g/mol. The van der Waals surface area contributed by atoms with Gasteiger partial charge in [-0.1, -0.05) is 30.0 Å². The first-order valence-electron chi connectivity index (χ1n) is 9.79. The van der Waals surface area contributed by atoms with Crippen LogP contribution in [0, 0.1) is 0 Å². The normalized spacial score (nSPS) is 12.4. The van der Waals surface area contributed by atoms with E-state index in [4.69, 9.17) is 9.47 Å². The number of carbonyl (C=O) groups is 1. The standard InChI is InChI=1S/C23H19N3O3S2/c1-28-20-6-3-2-5-17(20)26-22(21-7-4-12-30-21)24-25-23(26)31-14-18(27)15-8-9-19-16(13-15)10-11-29-19/h2-9,12-13H,10-11,14H2,1H3. The largest absolute Gasteiger partial charge is 0.495 e. The summed E-state index contributed by atoms with van der Waals surface area (Å²) in [6.45, 7) is 0.676. The second-order valence-corrected chi connectivity index (χ2v) is 8.81. The van der Waals surface area contributed by atoms with Crippen LogP contribution in [0.4, 0.5) is 0 Å². The van der Waals surface area contributed by atoms with Crippen molar-refractivity contribution in [3.05, 3.63) is 71.1 Å². The molecule has 0 bridgehead atoms. The van der Waals surface area contributed by atoms with Crippen LogP contribution in [0.5, 0.6) is 11.5 Å². The molecule has 2 aromatic carbocycles. The Hall–Kier alpha value is -3.10. The number of para-hydroxylation sites is 2. The average Bonchev–Trinajstić information content (AvgIpc) is 3.57. The van der Waals surface area contributed by atoms with E-state index in [1.807, 2.05) is 64.5 Å². The predicted octanol–water partition coefficient (Wildman–Crippen LogP) is 4.91. The van der Waals surface area contributed by atoms with E-state index in [2.05, 4.69) is 10.2 Å². The number of ketones is 1. The van der Waals surface area contributed by atoms with Crippen LogP contribution in [-0.2, 0) is 6.42 Å². The number of thioether (sulfide) groups is 1. The van der Waals surface area contributed by atoms with E-state index < -0.39 is 0 Å². The quantitative estimate of drug-likeness (QED) is 0.295. The predicted molar refractivity (Wildman–Crippen MR) is 122 cm³/mol. The lowest BCUT2D eigenvalue weighted by molar-refractivity contribution is 0.102. The third kappa shape index (κ3) is 3.84. The number of hydrogen-bond donors (Lipinski definition) is 0. The molecule has 0 saturated heterocycles. The third-order valence-corrected chi connectivity index (χ3v) is 6.84. The van der Waals surface area contributed by atoms with Gasteiger partial charge in [0.2, 0.25) is 0 Å². The Bertz CT molecular complexity index is 1230. The van der Waals surface area contributed by atoms with Crippen LogP contribution in [0.3, 0.4) is 0 Å². The molecule has 0 saturated carbocycles. The Morgan fingerprint density at radius 2 is 2.10 bits per heavy atom. The number of Topliss-reactive ketones (excluding diaryl/α,β-unsaturated/α-hetero) is 1. The molecule has 8 heteroatoms. The van der Waals surface area contributed by atoms with Gasteiger partial charge >= 0.3 is 0 Å². The van der Waals surface area contributed by atoms with Gasteiger partial charge in [0.25, 0.3) is 0 Å². The van der Waals surface area contributed by atoms with Gasteiger partial charge in [-0.05, 0) is 47.3 Å². The highest BCUT2D eigenvalue weighted by Gasteiger charge is 2.21. The number of fused-ring (bicyclic) bond motifs is 1. The van der Waals surface area contributed by atoms with Crippen molar-refractivity contribution in [1.82, 2.24) is 14.8 Å². The van der Waals surface area contributed by atoms with Gasteiger partial charge < -0.3 is 9.47 Å². The molecule has 0 radical (unpaired) electrons. The summed E-state index contributed by atoms with van der Waals surface area (Å²) < 4.78 is 13.1. The first-order valence-corrected chi connectivity index (χ1v) is 11.7. The number of benzene rings is 2. The summed E-state index contributed by atoms with van der Waals surface area (Å²) in [6, 6.07) is 17.4. The SMILES string of the molecule is COc1ccccc1-n1c(SCC(=O)c2ccc3c(c2)CCO3)nnc1-c1cccs1. The molecule has 0 N–H and O–H groups in total. The molecular weight excluding hydrogens is 430 g/mol. The summed E-state index contributed by atoms with van der Waals surface area (Å²) in [7, 11) is 1.64. The molecule has 0 unspecified atom stereocenters. The topological polar surface area (TPSA) is 66.2 Å². The van der Waals surface area contributed by atoms with Crippen molar-refractivity contribution in [2.45, 2.75) is 11.6 Å². The number of aromatic nitrogens is 3. The van der Waals surface area contributed by atoms with Gasteiger partial charge in [-0.25, -0.2) is 0 Å². The van der Waals surface area contributed by atoms with Crippen molar-refractivity contribution in [3.8, 4) is 27.9 Å². The van der Waals surface area contributed by atoms with Crippen LogP contribution in [-0.4, -0.2) is 40.0 Å². The lowest BCUT2D eigenvalue weighted by Gasteiger charge is -2.13. The summed E-state index contributed by atoms with van der Waals surface area (Å²) in [6.07, 6.45) is 0.843. The zero-order chi connectivity index (χ0) is 21.2. The summed E-state index contributed by atoms with van der Waals surface area (Å²) >= 11 is 2.97. The smallest absolute Gasteiger partial charge is 0.196 e. The molecule has 4 aromatic rings. The minimum absolute atomic E-state index is 0.0481. The van der Waals surface area contributed by atoms with E-state index in [0.29, 0.717) is 23.1 Å². The monoisotopic (exact) mass is 449 g/mol. The van der Waals surface area contributed by atoms with E-state index in [-0.39, 0.29) is 11.5 Å². The first-order chi connectivity index (χ1) is 15.2. The summed E-state index contributed by atoms with van der Waals surface area (Å²) in [5.74, 6) is 2.63. The van der Waals surface area contributed by atoms with Crippen molar-refractivity contribution >= 4 is 28.9 Å². The van der Waals surface area contributed by atoms with Crippen LogP contribution >= 0.6 is 23.1 Å². The van der Waals surface area contributed by atoms with Gasteiger partial charge in [0.1, 0.15) is 11.5 Å². The van der Waals surface area contributed by atoms with E-state index in [9.17, 15) is 4.79 Å². The van der Waals surface area contributed by atoms with Crippen molar-refractivity contribution in [3.63, 3.8) is 0 Å². The van der Waals surface area contributed by atoms with Crippen LogP contribution in [0.1, 0.15) is 15.9 Å². The zero-order valence-electron chi connectivity index (χ0n) is 16.8. The molecule has 0 aliphatic carbocycles. The molecule has 31 heavy (non-hydrogen) atoms. The Kier molecular flexibility index (Phi) is 5.48. The number of ether oxygens (including phenoxy) is 2. The Labute approximate surface area is 187 Å². The van der Waals surface area contributed by atoms with Gasteiger partial charge in [0.05, 0.1) is 30.0 Å². The van der Waals surface area contributed by atoms with E-state index in [0.717, 1.165) is 34.1 Å². The van der Waals surface area contributed by atoms with Crippen LogP contribution in [0.2, 0.25) is 0 Å². The molecular formula is C23H19N3O3S2.